The highest BCUT2D eigenvalue weighted by molar-refractivity contribution is 7.80. The number of imidazole rings is 1. The molecule has 2 aromatic carbocycles. The van der Waals surface area contributed by atoms with E-state index in [1.54, 1.807) is 31.5 Å². The Labute approximate surface area is 253 Å². The van der Waals surface area contributed by atoms with Gasteiger partial charge >= 0.3 is 0 Å². The number of fused-ring (bicyclic) bond motifs is 1. The molecule has 0 amide bonds. The first-order chi connectivity index (χ1) is 20.5. The number of ether oxygens (including phenoxy) is 2. The number of methoxy groups -OCH3 is 1. The monoisotopic (exact) mass is 602 g/mol. The normalized spacial score (nSPS) is 11.2. The van der Waals surface area contributed by atoms with Crippen molar-refractivity contribution in [3.8, 4) is 22.1 Å². The van der Waals surface area contributed by atoms with Gasteiger partial charge in [0.1, 0.15) is 11.5 Å². The van der Waals surface area contributed by atoms with E-state index in [-0.39, 0.29) is 18.0 Å². The average Bonchev–Trinajstić information content (AvgIpc) is 3.63. The van der Waals surface area contributed by atoms with Gasteiger partial charge in [-0.2, -0.15) is 0 Å². The van der Waals surface area contributed by atoms with Crippen LogP contribution < -0.4 is 10.1 Å². The zero-order valence-corrected chi connectivity index (χ0v) is 24.8. The van der Waals surface area contributed by atoms with Gasteiger partial charge < -0.3 is 19.4 Å². The number of nitrogens with one attached hydrogen (secondary N) is 1. The van der Waals surface area contributed by atoms with Gasteiger partial charge in [-0.1, -0.05) is 48.6 Å². The summed E-state index contributed by atoms with van der Waals surface area (Å²) in [5.41, 5.74) is 3.25. The Balaban J connectivity index is 1.21. The number of thiocarbonyl (C=S) groups is 1. The molecule has 216 valence electrons. The lowest BCUT2D eigenvalue weighted by molar-refractivity contribution is -0.117. The second-order valence-electron chi connectivity index (χ2n) is 9.83. The van der Waals surface area contributed by atoms with Crippen molar-refractivity contribution >= 4 is 44.4 Å². The molecule has 0 unspecified atom stereocenters. The number of halogens is 1. The highest BCUT2D eigenvalue weighted by atomic mass is 32.1. The first kappa shape index (κ1) is 29.7. The van der Waals surface area contributed by atoms with E-state index in [9.17, 15) is 4.79 Å². The van der Waals surface area contributed by atoms with Crippen molar-refractivity contribution in [1.29, 1.82) is 0 Å². The van der Waals surface area contributed by atoms with Crippen LogP contribution in [0.5, 0.6) is 11.5 Å². The van der Waals surface area contributed by atoms with Crippen molar-refractivity contribution in [1.82, 2.24) is 19.9 Å². The lowest BCUT2D eigenvalue weighted by Gasteiger charge is -2.10. The van der Waals surface area contributed by atoms with E-state index in [0.717, 1.165) is 46.0 Å². The van der Waals surface area contributed by atoms with Gasteiger partial charge in [0.25, 0.3) is 0 Å². The molecular weight excluding hydrogens is 572 g/mol. The minimum atomic E-state index is -0.495. The molecule has 0 aliphatic rings. The lowest BCUT2D eigenvalue weighted by Crippen LogP contribution is -2.23. The molecule has 0 bridgehead atoms. The van der Waals surface area contributed by atoms with Crippen LogP contribution in [-0.4, -0.2) is 52.0 Å². The number of benzene rings is 2. The molecule has 0 saturated heterocycles. The molecule has 42 heavy (non-hydrogen) atoms. The number of Topliss-reactive ketones (excluding diaryl/α,β-unsaturated/α-hetero) is 1. The van der Waals surface area contributed by atoms with Crippen LogP contribution in [0.1, 0.15) is 17.5 Å². The van der Waals surface area contributed by atoms with Gasteiger partial charge in [-0.25, -0.2) is 9.37 Å². The molecule has 5 aromatic rings. The molecule has 0 atom stereocenters. The lowest BCUT2D eigenvalue weighted by atomic mass is 10.0. The van der Waals surface area contributed by atoms with Crippen molar-refractivity contribution in [2.45, 2.75) is 25.8 Å². The van der Waals surface area contributed by atoms with Gasteiger partial charge in [0.05, 0.1) is 33.7 Å². The fourth-order valence-electron chi connectivity index (χ4n) is 4.49. The summed E-state index contributed by atoms with van der Waals surface area (Å²) in [5.74, 6) is 0.181. The maximum atomic E-state index is 15.1. The van der Waals surface area contributed by atoms with E-state index in [1.165, 1.54) is 17.4 Å². The molecule has 3 aromatic heterocycles. The minimum Gasteiger partial charge on any atom is -0.453 e. The van der Waals surface area contributed by atoms with Crippen molar-refractivity contribution in [2.24, 2.45) is 0 Å². The third-order valence-electron chi connectivity index (χ3n) is 6.55. The Kier molecular flexibility index (Phi) is 10.1. The van der Waals surface area contributed by atoms with Gasteiger partial charge in [-0.3, -0.25) is 9.78 Å². The van der Waals surface area contributed by atoms with E-state index in [1.807, 2.05) is 53.5 Å². The molecule has 1 N–H and O–H groups in total. The van der Waals surface area contributed by atoms with Crippen LogP contribution in [0.4, 0.5) is 4.39 Å². The van der Waals surface area contributed by atoms with Gasteiger partial charge in [0.15, 0.2) is 11.6 Å². The van der Waals surface area contributed by atoms with E-state index in [2.05, 4.69) is 15.3 Å². The number of hydrogen-bond donors (Lipinski definition) is 1. The second kappa shape index (κ2) is 14.4. The van der Waals surface area contributed by atoms with E-state index in [4.69, 9.17) is 21.7 Å². The highest BCUT2D eigenvalue weighted by Crippen LogP contribution is 2.39. The van der Waals surface area contributed by atoms with E-state index in [0.29, 0.717) is 35.6 Å². The van der Waals surface area contributed by atoms with Gasteiger partial charge in [-0.05, 0) is 29.3 Å². The summed E-state index contributed by atoms with van der Waals surface area (Å²) in [6, 6.07) is 18.1. The molecule has 3 heterocycles. The van der Waals surface area contributed by atoms with Crippen LogP contribution in [0.2, 0.25) is 0 Å². The number of aromatic nitrogens is 3. The molecule has 0 radical (unpaired) electrons. The van der Waals surface area contributed by atoms with Gasteiger partial charge in [0, 0.05) is 69.3 Å². The predicted octanol–water partition coefficient (Wildman–Crippen LogP) is 6.44. The first-order valence-electron chi connectivity index (χ1n) is 13.6. The Morgan fingerprint density at radius 3 is 2.69 bits per heavy atom. The summed E-state index contributed by atoms with van der Waals surface area (Å²) in [6.07, 6.45) is 6.32. The maximum Gasteiger partial charge on any atom is 0.166 e. The van der Waals surface area contributed by atoms with Crippen molar-refractivity contribution in [2.75, 3.05) is 26.8 Å². The Bertz CT molecular complexity index is 1670. The SMILES string of the molecule is COCCNCCn1cnc(-c2cc3nccc(Oc4ccc(CC(=S)CC(=O)Cc5ccccc5)cc4F)c3s2)c1. The van der Waals surface area contributed by atoms with Crippen LogP contribution in [-0.2, 0) is 28.9 Å². The number of pyridine rings is 1. The molecule has 7 nitrogen and oxygen atoms in total. The smallest absolute Gasteiger partial charge is 0.166 e. The topological polar surface area (TPSA) is 78.3 Å². The largest absolute Gasteiger partial charge is 0.453 e. The Hall–Kier alpha value is -3.83. The third-order valence-corrected chi connectivity index (χ3v) is 8.00. The number of hydrogen-bond acceptors (Lipinski definition) is 8. The van der Waals surface area contributed by atoms with Crippen LogP contribution in [0.25, 0.3) is 20.8 Å². The molecule has 10 heteroatoms. The number of ketones is 1. The quantitative estimate of drug-likeness (QED) is 0.109. The minimum absolute atomic E-state index is 0.0466. The number of carbonyl (C=O) groups excluding carboxylic acids is 1. The number of thiophene rings is 1. The zero-order valence-electron chi connectivity index (χ0n) is 23.2. The Morgan fingerprint density at radius 1 is 1.02 bits per heavy atom. The molecule has 0 saturated carbocycles. The molecular formula is C32H31FN4O3S2. The molecule has 0 fully saturated rings. The standard InChI is InChI=1S/C32H31FN4O3S2/c1-39-14-12-34-11-13-37-20-28(36-21-37)31-19-27-32(42-31)30(9-10-35-27)40-29-8-7-23(17-26(29)33)16-25(41)18-24(38)15-22-5-3-2-4-6-22/h2-10,17,19-21,34H,11-16,18H2,1H3. The molecule has 0 spiro atoms. The van der Waals surface area contributed by atoms with E-state index >= 15 is 4.39 Å². The Morgan fingerprint density at radius 2 is 1.88 bits per heavy atom. The summed E-state index contributed by atoms with van der Waals surface area (Å²) >= 11 is 6.95. The number of nitrogens with zero attached hydrogens (tertiary/aromatic N) is 3. The predicted molar refractivity (Wildman–Crippen MR) is 168 cm³/mol. The second-order valence-corrected chi connectivity index (χ2v) is 11.5. The van der Waals surface area contributed by atoms with Gasteiger partial charge in [-0.15, -0.1) is 11.3 Å². The van der Waals surface area contributed by atoms with Crippen molar-refractivity contribution in [3.63, 3.8) is 0 Å². The van der Waals surface area contributed by atoms with Crippen LogP contribution >= 0.6 is 23.6 Å². The summed E-state index contributed by atoms with van der Waals surface area (Å²) in [5, 5.41) is 3.32. The number of rotatable bonds is 15. The molecule has 0 aliphatic heterocycles. The summed E-state index contributed by atoms with van der Waals surface area (Å²) in [6.45, 7) is 3.08. The van der Waals surface area contributed by atoms with Crippen molar-refractivity contribution in [3.05, 3.63) is 96.3 Å². The number of carbonyl (C=O) groups is 1. The van der Waals surface area contributed by atoms with Gasteiger partial charge in [0.2, 0.25) is 0 Å². The van der Waals surface area contributed by atoms with Crippen LogP contribution in [0, 0.1) is 5.82 Å². The third kappa shape index (κ3) is 7.92. The fourth-order valence-corrected chi connectivity index (χ4v) is 5.84. The van der Waals surface area contributed by atoms with Crippen molar-refractivity contribution < 1.29 is 18.7 Å². The average molecular weight is 603 g/mol. The maximum absolute atomic E-state index is 15.1. The summed E-state index contributed by atoms with van der Waals surface area (Å²) in [7, 11) is 1.68. The van der Waals surface area contributed by atoms with E-state index < -0.39 is 5.82 Å². The summed E-state index contributed by atoms with van der Waals surface area (Å²) < 4.78 is 29.0. The fraction of sp³-hybridized carbons (Fsp3) is 0.250. The van der Waals surface area contributed by atoms with Crippen LogP contribution in [0.3, 0.4) is 0 Å². The first-order valence-corrected chi connectivity index (χ1v) is 14.8. The zero-order chi connectivity index (χ0) is 29.3. The highest BCUT2D eigenvalue weighted by Gasteiger charge is 2.15. The summed E-state index contributed by atoms with van der Waals surface area (Å²) in [4.78, 5) is 23.0. The molecule has 5 rings (SSSR count). The molecule has 0 aliphatic carbocycles. The van der Waals surface area contributed by atoms with Crippen LogP contribution in [0.15, 0.2) is 79.4 Å².